The van der Waals surface area contributed by atoms with E-state index in [2.05, 4.69) is 20.8 Å². The molecule has 0 radical (unpaired) electrons. The first kappa shape index (κ1) is 14.0. The largest absolute Gasteiger partial charge is 0.383 e. The normalized spacial score (nSPS) is 10.4. The van der Waals surface area contributed by atoms with E-state index in [1.165, 1.54) is 6.20 Å². The molecule has 0 fully saturated rings. The number of nitrogens with one attached hydrogen (secondary N) is 3. The number of nitrogen functional groups attached to an aromatic ring is 1. The smallest absolute Gasteiger partial charge is 0.256 e. The lowest BCUT2D eigenvalue weighted by Gasteiger charge is -2.08. The summed E-state index contributed by atoms with van der Waals surface area (Å²) in [6, 6.07) is 0. The van der Waals surface area contributed by atoms with E-state index in [9.17, 15) is 9.59 Å². The van der Waals surface area contributed by atoms with Crippen LogP contribution in [0.4, 0.5) is 5.82 Å². The molecule has 1 aromatic heterocycles. The molecule has 0 aliphatic rings. The Morgan fingerprint density at radius 2 is 2.17 bits per heavy atom. The van der Waals surface area contributed by atoms with Gasteiger partial charge in [-0.05, 0) is 5.92 Å². The van der Waals surface area contributed by atoms with Crippen molar-refractivity contribution in [1.29, 1.82) is 0 Å². The second-order valence-electron chi connectivity index (χ2n) is 4.40. The summed E-state index contributed by atoms with van der Waals surface area (Å²) in [7, 11) is 0. The maximum atomic E-state index is 11.6. The zero-order chi connectivity index (χ0) is 13.5. The summed E-state index contributed by atoms with van der Waals surface area (Å²) >= 11 is 0. The van der Waals surface area contributed by atoms with Crippen LogP contribution in [-0.2, 0) is 4.79 Å². The van der Waals surface area contributed by atoms with Gasteiger partial charge in [-0.1, -0.05) is 13.8 Å². The molecule has 1 rings (SSSR count). The number of H-pyrrole nitrogens is 1. The molecule has 0 atom stereocenters. The summed E-state index contributed by atoms with van der Waals surface area (Å²) in [6.45, 7) is 4.95. The average molecular weight is 253 g/mol. The van der Waals surface area contributed by atoms with Gasteiger partial charge in [0.2, 0.25) is 5.91 Å². The van der Waals surface area contributed by atoms with E-state index in [-0.39, 0.29) is 36.2 Å². The van der Waals surface area contributed by atoms with E-state index < -0.39 is 0 Å². The van der Waals surface area contributed by atoms with Crippen molar-refractivity contribution in [2.75, 3.05) is 18.8 Å². The van der Waals surface area contributed by atoms with Crippen LogP contribution in [0.3, 0.4) is 0 Å². The molecule has 0 aromatic carbocycles. The third-order valence-corrected chi connectivity index (χ3v) is 2.26. The highest BCUT2D eigenvalue weighted by Gasteiger charge is 2.11. The first-order valence-corrected chi connectivity index (χ1v) is 5.84. The van der Waals surface area contributed by atoms with Gasteiger partial charge in [-0.2, -0.15) is 5.10 Å². The molecule has 0 aliphatic carbocycles. The fraction of sp³-hybridized carbons (Fsp3) is 0.545. The Labute approximate surface area is 106 Å². The molecule has 18 heavy (non-hydrogen) atoms. The standard InChI is InChI=1S/C11H19N5O2/c1-7(2)5-14-9(17)3-4-13-11(18)8-6-15-16-10(8)12/h6-7H,3-5H2,1-2H3,(H,13,18)(H,14,17)(H3,12,15,16). The quantitative estimate of drug-likeness (QED) is 0.566. The monoisotopic (exact) mass is 253 g/mol. The predicted octanol–water partition coefficient (Wildman–Crippen LogP) is -0.116. The molecular weight excluding hydrogens is 234 g/mol. The SMILES string of the molecule is CC(C)CNC(=O)CCNC(=O)c1cn[nH]c1N. The summed E-state index contributed by atoms with van der Waals surface area (Å²) < 4.78 is 0. The van der Waals surface area contributed by atoms with Gasteiger partial charge in [-0.3, -0.25) is 14.7 Å². The molecule has 0 spiro atoms. The number of amides is 2. The highest BCUT2D eigenvalue weighted by atomic mass is 16.2. The second-order valence-corrected chi connectivity index (χ2v) is 4.40. The first-order chi connectivity index (χ1) is 8.50. The van der Waals surface area contributed by atoms with Crippen molar-refractivity contribution < 1.29 is 9.59 Å². The maximum absolute atomic E-state index is 11.6. The Balaban J connectivity index is 2.24. The van der Waals surface area contributed by atoms with Gasteiger partial charge in [0.25, 0.3) is 5.91 Å². The van der Waals surface area contributed by atoms with Gasteiger partial charge in [0, 0.05) is 19.5 Å². The van der Waals surface area contributed by atoms with Crippen molar-refractivity contribution >= 4 is 17.6 Å². The van der Waals surface area contributed by atoms with Crippen molar-refractivity contribution in [3.8, 4) is 0 Å². The van der Waals surface area contributed by atoms with Crippen molar-refractivity contribution in [1.82, 2.24) is 20.8 Å². The van der Waals surface area contributed by atoms with Gasteiger partial charge < -0.3 is 16.4 Å². The lowest BCUT2D eigenvalue weighted by molar-refractivity contribution is -0.121. The number of carbonyl (C=O) groups excluding carboxylic acids is 2. The van der Waals surface area contributed by atoms with Crippen LogP contribution in [0, 0.1) is 5.92 Å². The fourth-order valence-electron chi connectivity index (χ4n) is 1.27. The minimum absolute atomic E-state index is 0.0795. The van der Waals surface area contributed by atoms with E-state index in [0.29, 0.717) is 12.5 Å². The molecule has 1 aromatic rings. The van der Waals surface area contributed by atoms with Gasteiger partial charge in [-0.15, -0.1) is 0 Å². The number of carbonyl (C=O) groups is 2. The highest BCUT2D eigenvalue weighted by molar-refractivity contribution is 5.98. The molecule has 100 valence electrons. The molecule has 0 saturated heterocycles. The van der Waals surface area contributed by atoms with Crippen LogP contribution in [0.15, 0.2) is 6.20 Å². The van der Waals surface area contributed by atoms with Crippen molar-refractivity contribution in [2.45, 2.75) is 20.3 Å². The summed E-state index contributed by atoms with van der Waals surface area (Å²) in [6.07, 6.45) is 1.60. The van der Waals surface area contributed by atoms with E-state index in [1.54, 1.807) is 0 Å². The van der Waals surface area contributed by atoms with E-state index in [0.717, 1.165) is 0 Å². The predicted molar refractivity (Wildman–Crippen MR) is 67.8 cm³/mol. The third kappa shape index (κ3) is 4.44. The fourth-order valence-corrected chi connectivity index (χ4v) is 1.27. The Bertz CT molecular complexity index is 413. The van der Waals surface area contributed by atoms with Gasteiger partial charge >= 0.3 is 0 Å². The van der Waals surface area contributed by atoms with Crippen LogP contribution in [0.2, 0.25) is 0 Å². The molecule has 0 unspecified atom stereocenters. The van der Waals surface area contributed by atoms with Gasteiger partial charge in [0.15, 0.2) is 0 Å². The molecule has 2 amide bonds. The molecule has 5 N–H and O–H groups in total. The first-order valence-electron chi connectivity index (χ1n) is 5.84. The molecule has 7 heteroatoms. The molecule has 0 aliphatic heterocycles. The van der Waals surface area contributed by atoms with Crippen LogP contribution >= 0.6 is 0 Å². The minimum atomic E-state index is -0.335. The molecule has 7 nitrogen and oxygen atoms in total. The third-order valence-electron chi connectivity index (χ3n) is 2.26. The summed E-state index contributed by atoms with van der Waals surface area (Å²) in [5.41, 5.74) is 5.79. The Hall–Kier alpha value is -2.05. The molecular formula is C11H19N5O2. The van der Waals surface area contributed by atoms with Crippen LogP contribution in [0.25, 0.3) is 0 Å². The number of nitrogens with two attached hydrogens (primary N) is 1. The molecule has 0 bridgehead atoms. The minimum Gasteiger partial charge on any atom is -0.383 e. The highest BCUT2D eigenvalue weighted by Crippen LogP contribution is 2.04. The summed E-state index contributed by atoms with van der Waals surface area (Å²) in [5.74, 6) is 0.216. The average Bonchev–Trinajstić information content (AvgIpc) is 2.72. The number of nitrogens with zero attached hydrogens (tertiary/aromatic N) is 1. The number of aromatic nitrogens is 2. The van der Waals surface area contributed by atoms with Gasteiger partial charge in [0.05, 0.1) is 6.20 Å². The summed E-state index contributed by atoms with van der Waals surface area (Å²) in [4.78, 5) is 23.0. The van der Waals surface area contributed by atoms with Crippen molar-refractivity contribution in [3.63, 3.8) is 0 Å². The Kier molecular flexibility index (Phi) is 5.16. The van der Waals surface area contributed by atoms with Crippen molar-refractivity contribution in [2.24, 2.45) is 5.92 Å². The lowest BCUT2D eigenvalue weighted by atomic mass is 10.2. The zero-order valence-corrected chi connectivity index (χ0v) is 10.6. The van der Waals surface area contributed by atoms with Gasteiger partial charge in [0.1, 0.15) is 11.4 Å². The molecule has 1 heterocycles. The van der Waals surface area contributed by atoms with Crippen LogP contribution in [-0.4, -0.2) is 35.1 Å². The maximum Gasteiger partial charge on any atom is 0.256 e. The van der Waals surface area contributed by atoms with Crippen LogP contribution < -0.4 is 16.4 Å². The van der Waals surface area contributed by atoms with Gasteiger partial charge in [-0.25, -0.2) is 0 Å². The number of rotatable bonds is 6. The van der Waals surface area contributed by atoms with E-state index >= 15 is 0 Å². The topological polar surface area (TPSA) is 113 Å². The van der Waals surface area contributed by atoms with E-state index in [4.69, 9.17) is 5.73 Å². The number of aromatic amines is 1. The number of anilines is 1. The number of hydrogen-bond acceptors (Lipinski definition) is 4. The van der Waals surface area contributed by atoms with Crippen molar-refractivity contribution in [3.05, 3.63) is 11.8 Å². The lowest BCUT2D eigenvalue weighted by Crippen LogP contribution is -2.32. The Morgan fingerprint density at radius 3 is 2.72 bits per heavy atom. The number of hydrogen-bond donors (Lipinski definition) is 4. The summed E-state index contributed by atoms with van der Waals surface area (Å²) in [5, 5.41) is 11.5. The zero-order valence-electron chi connectivity index (χ0n) is 10.6. The second kappa shape index (κ2) is 6.63. The van der Waals surface area contributed by atoms with E-state index in [1.807, 2.05) is 13.8 Å². The van der Waals surface area contributed by atoms with Crippen LogP contribution in [0.1, 0.15) is 30.6 Å². The molecule has 0 saturated carbocycles. The van der Waals surface area contributed by atoms with Crippen LogP contribution in [0.5, 0.6) is 0 Å². The Morgan fingerprint density at radius 1 is 1.44 bits per heavy atom.